The van der Waals surface area contributed by atoms with Crippen molar-refractivity contribution in [2.45, 2.75) is 69.7 Å². The molecule has 33 heavy (non-hydrogen) atoms. The van der Waals surface area contributed by atoms with E-state index < -0.39 is 5.41 Å². The zero-order chi connectivity index (χ0) is 22.9. The van der Waals surface area contributed by atoms with Gasteiger partial charge in [0.15, 0.2) is 11.5 Å². The highest BCUT2D eigenvalue weighted by Gasteiger charge is 2.52. The van der Waals surface area contributed by atoms with Crippen LogP contribution in [0.2, 0.25) is 0 Å². The van der Waals surface area contributed by atoms with Crippen molar-refractivity contribution in [2.24, 2.45) is 23.7 Å². The van der Waals surface area contributed by atoms with Crippen LogP contribution in [-0.2, 0) is 5.41 Å². The molecule has 0 aliphatic heterocycles. The molecule has 5 heteroatoms. The van der Waals surface area contributed by atoms with E-state index in [1.165, 1.54) is 38.5 Å². The molecule has 1 atom stereocenters. The molecule has 5 rings (SSSR count). The number of halogens is 1. The molecule has 4 aliphatic rings. The third-order valence-corrected chi connectivity index (χ3v) is 8.71. The Kier molecular flexibility index (Phi) is 7.93. The molecule has 4 saturated carbocycles. The van der Waals surface area contributed by atoms with E-state index in [4.69, 9.17) is 9.47 Å². The summed E-state index contributed by atoms with van der Waals surface area (Å²) in [6.45, 7) is 4.99. The minimum absolute atomic E-state index is 0. The van der Waals surface area contributed by atoms with Crippen LogP contribution in [-0.4, -0.2) is 38.3 Å². The Balaban J connectivity index is 0.00000306. The third kappa shape index (κ3) is 4.71. The van der Waals surface area contributed by atoms with E-state index in [1.54, 1.807) is 14.2 Å². The molecule has 0 radical (unpaired) electrons. The minimum Gasteiger partial charge on any atom is -0.493 e. The van der Waals surface area contributed by atoms with Crippen LogP contribution in [0.15, 0.2) is 18.2 Å². The Hall–Kier alpha value is -1.88. The third-order valence-electron chi connectivity index (χ3n) is 8.71. The molecule has 1 aromatic rings. The second-order valence-electron chi connectivity index (χ2n) is 10.8. The van der Waals surface area contributed by atoms with Gasteiger partial charge in [-0.1, -0.05) is 31.8 Å². The molecule has 1 aromatic carbocycles. The van der Waals surface area contributed by atoms with E-state index in [1.807, 2.05) is 18.2 Å². The maximum absolute atomic E-state index is 10.3. The maximum Gasteiger partial charge on any atom is 0.161 e. The first-order chi connectivity index (χ1) is 15.4. The SMILES string of the molecule is COc1ccc(C(C#N)(CC#CCN(C)C23CC4CC(CC(C4)C2)C3)C(C)C)cc1OC.Cl. The lowest BCUT2D eigenvalue weighted by Gasteiger charge is -2.59. The summed E-state index contributed by atoms with van der Waals surface area (Å²) in [6, 6.07) is 8.41. The van der Waals surface area contributed by atoms with Crippen molar-refractivity contribution in [1.29, 1.82) is 5.26 Å². The molecule has 4 nitrogen and oxygen atoms in total. The largest absolute Gasteiger partial charge is 0.493 e. The first-order valence-corrected chi connectivity index (χ1v) is 12.2. The number of benzene rings is 1. The highest BCUT2D eigenvalue weighted by Crippen LogP contribution is 2.57. The molecular weight excluding hydrogens is 432 g/mol. The summed E-state index contributed by atoms with van der Waals surface area (Å²) in [5.74, 6) is 11.1. The van der Waals surface area contributed by atoms with E-state index >= 15 is 0 Å². The van der Waals surface area contributed by atoms with Crippen LogP contribution >= 0.6 is 12.4 Å². The van der Waals surface area contributed by atoms with E-state index in [2.05, 4.69) is 43.7 Å². The number of methoxy groups -OCH3 is 2. The second kappa shape index (κ2) is 10.2. The van der Waals surface area contributed by atoms with Gasteiger partial charge < -0.3 is 9.47 Å². The standard InChI is InChI=1S/C28H38N2O2.ClH/c1-20(2)28(19-29,24-8-9-25(31-4)26(15-24)32-5)10-6-7-11-30(3)27-16-21-12-22(17-27)14-23(13-21)18-27;/h8-9,15,20-23H,10-14,16-18H2,1-5H3;1H. The lowest BCUT2D eigenvalue weighted by atomic mass is 9.52. The van der Waals surface area contributed by atoms with Crippen molar-refractivity contribution in [3.8, 4) is 29.4 Å². The smallest absolute Gasteiger partial charge is 0.161 e. The molecule has 0 spiro atoms. The summed E-state index contributed by atoms with van der Waals surface area (Å²) >= 11 is 0. The van der Waals surface area contributed by atoms with Gasteiger partial charge in [0.25, 0.3) is 0 Å². The first kappa shape index (κ1) is 25.7. The summed E-state index contributed by atoms with van der Waals surface area (Å²) in [5.41, 5.74) is 0.638. The summed E-state index contributed by atoms with van der Waals surface area (Å²) in [4.78, 5) is 2.55. The minimum atomic E-state index is -0.675. The van der Waals surface area contributed by atoms with Gasteiger partial charge in [-0.05, 0) is 86.9 Å². The summed E-state index contributed by atoms with van der Waals surface area (Å²) < 4.78 is 10.9. The van der Waals surface area contributed by atoms with Gasteiger partial charge in [-0.15, -0.1) is 12.4 Å². The lowest BCUT2D eigenvalue weighted by molar-refractivity contribution is -0.0744. The van der Waals surface area contributed by atoms with E-state index in [0.29, 0.717) is 23.5 Å². The molecule has 0 heterocycles. The Labute approximate surface area is 206 Å². The normalized spacial score (nSPS) is 29.0. The van der Waals surface area contributed by atoms with Gasteiger partial charge in [-0.2, -0.15) is 5.26 Å². The zero-order valence-corrected chi connectivity index (χ0v) is 21.6. The van der Waals surface area contributed by atoms with E-state index in [-0.39, 0.29) is 18.3 Å². The van der Waals surface area contributed by atoms with Crippen molar-refractivity contribution in [3.63, 3.8) is 0 Å². The topological polar surface area (TPSA) is 45.5 Å². The highest BCUT2D eigenvalue weighted by molar-refractivity contribution is 5.85. The van der Waals surface area contributed by atoms with Gasteiger partial charge in [-0.25, -0.2) is 0 Å². The van der Waals surface area contributed by atoms with Crippen LogP contribution in [0.5, 0.6) is 11.5 Å². The summed E-state index contributed by atoms with van der Waals surface area (Å²) in [5, 5.41) is 10.3. The maximum atomic E-state index is 10.3. The lowest BCUT2D eigenvalue weighted by Crippen LogP contribution is -2.58. The van der Waals surface area contributed by atoms with Crippen molar-refractivity contribution >= 4 is 12.4 Å². The molecule has 4 aliphatic carbocycles. The van der Waals surface area contributed by atoms with Crippen molar-refractivity contribution in [2.75, 3.05) is 27.8 Å². The quantitative estimate of drug-likeness (QED) is 0.470. The van der Waals surface area contributed by atoms with Crippen molar-refractivity contribution in [1.82, 2.24) is 4.90 Å². The summed E-state index contributed by atoms with van der Waals surface area (Å²) in [7, 11) is 5.53. The van der Waals surface area contributed by atoms with Crippen molar-refractivity contribution in [3.05, 3.63) is 23.8 Å². The van der Waals surface area contributed by atoms with Crippen molar-refractivity contribution < 1.29 is 9.47 Å². The number of nitriles is 1. The van der Waals surface area contributed by atoms with Crippen LogP contribution in [0.3, 0.4) is 0 Å². The van der Waals surface area contributed by atoms with Crippen LogP contribution in [0.4, 0.5) is 0 Å². The van der Waals surface area contributed by atoms with Gasteiger partial charge in [0.1, 0.15) is 0 Å². The van der Waals surface area contributed by atoms with Gasteiger partial charge in [0.05, 0.1) is 32.2 Å². The number of ether oxygens (including phenoxy) is 2. The molecule has 0 amide bonds. The van der Waals surface area contributed by atoms with E-state index in [0.717, 1.165) is 29.9 Å². The molecule has 4 fully saturated rings. The van der Waals surface area contributed by atoms with Gasteiger partial charge in [0.2, 0.25) is 0 Å². The van der Waals surface area contributed by atoms with Gasteiger partial charge in [-0.3, -0.25) is 4.90 Å². The Morgan fingerprint density at radius 1 is 1.03 bits per heavy atom. The number of rotatable bonds is 7. The predicted octanol–water partition coefficient (Wildman–Crippen LogP) is 5.84. The van der Waals surface area contributed by atoms with E-state index in [9.17, 15) is 5.26 Å². The van der Waals surface area contributed by atoms with Crippen LogP contribution in [0.25, 0.3) is 0 Å². The monoisotopic (exact) mass is 470 g/mol. The fraction of sp³-hybridized carbons (Fsp3) is 0.679. The molecule has 0 saturated heterocycles. The van der Waals surface area contributed by atoms with Gasteiger partial charge in [0, 0.05) is 12.0 Å². The second-order valence-corrected chi connectivity index (χ2v) is 10.8. The summed E-state index contributed by atoms with van der Waals surface area (Å²) in [6.07, 6.45) is 8.98. The average Bonchev–Trinajstić information content (AvgIpc) is 2.77. The fourth-order valence-electron chi connectivity index (χ4n) is 7.06. The molecular formula is C28H39ClN2O2. The predicted molar refractivity (Wildman–Crippen MR) is 135 cm³/mol. The molecule has 0 aromatic heterocycles. The Morgan fingerprint density at radius 2 is 1.61 bits per heavy atom. The van der Waals surface area contributed by atoms with Crippen LogP contribution in [0, 0.1) is 46.8 Å². The number of hydrogen-bond donors (Lipinski definition) is 0. The van der Waals surface area contributed by atoms with Crippen LogP contribution in [0.1, 0.15) is 64.4 Å². The molecule has 180 valence electrons. The number of hydrogen-bond acceptors (Lipinski definition) is 4. The fourth-order valence-corrected chi connectivity index (χ4v) is 7.06. The average molecular weight is 471 g/mol. The molecule has 1 unspecified atom stereocenters. The van der Waals surface area contributed by atoms with Gasteiger partial charge >= 0.3 is 0 Å². The molecule has 4 bridgehead atoms. The zero-order valence-electron chi connectivity index (χ0n) is 20.8. The van der Waals surface area contributed by atoms with Crippen LogP contribution < -0.4 is 9.47 Å². The first-order valence-electron chi connectivity index (χ1n) is 12.2. The Bertz CT molecular complexity index is 906. The highest BCUT2D eigenvalue weighted by atomic mass is 35.5. The Morgan fingerprint density at radius 3 is 2.09 bits per heavy atom. The molecule has 0 N–H and O–H groups in total. The number of nitrogens with zero attached hydrogens (tertiary/aromatic N) is 2.